The Morgan fingerprint density at radius 3 is 2.80 bits per heavy atom. The number of nitrogens with zero attached hydrogens (tertiary/aromatic N) is 2. The summed E-state index contributed by atoms with van der Waals surface area (Å²) in [6.07, 6.45) is 3.18. The molecule has 0 saturated carbocycles. The normalized spacial score (nSPS) is 10.8. The van der Waals surface area contributed by atoms with Crippen LogP contribution < -0.4 is 5.56 Å². The zero-order valence-electron chi connectivity index (χ0n) is 10.5. The Morgan fingerprint density at radius 1 is 1.35 bits per heavy atom. The Bertz CT molecular complexity index is 833. The molecule has 5 heteroatoms. The first-order valence-corrected chi connectivity index (χ1v) is 6.92. The molecule has 100 valence electrons. The lowest BCUT2D eigenvalue weighted by Crippen LogP contribution is -2.19. The summed E-state index contributed by atoms with van der Waals surface area (Å²) < 4.78 is 14.5. The summed E-state index contributed by atoms with van der Waals surface area (Å²) in [6, 6.07) is 6.11. The second-order valence-corrected chi connectivity index (χ2v) is 5.19. The number of fused-ring (bicyclic) bond motifs is 1. The van der Waals surface area contributed by atoms with Gasteiger partial charge in [-0.2, -0.15) is 0 Å². The Hall–Kier alpha value is -2.27. The molecule has 0 aliphatic heterocycles. The van der Waals surface area contributed by atoms with Gasteiger partial charge in [-0.05, 0) is 17.7 Å². The highest BCUT2D eigenvalue weighted by Crippen LogP contribution is 2.30. The summed E-state index contributed by atoms with van der Waals surface area (Å²) in [5.74, 6) is -0.296. The largest absolute Gasteiger partial charge is 0.295 e. The highest BCUT2D eigenvalue weighted by atomic mass is 32.1. The predicted molar refractivity (Wildman–Crippen MR) is 79.5 cm³/mol. The van der Waals surface area contributed by atoms with Crippen LogP contribution in [0.2, 0.25) is 0 Å². The quantitative estimate of drug-likeness (QED) is 0.691. The minimum absolute atomic E-state index is 0.101. The minimum atomic E-state index is -0.296. The van der Waals surface area contributed by atoms with Gasteiger partial charge in [0.25, 0.3) is 5.56 Å². The predicted octanol–water partition coefficient (Wildman–Crippen LogP) is 3.45. The van der Waals surface area contributed by atoms with Gasteiger partial charge < -0.3 is 0 Å². The lowest BCUT2D eigenvalue weighted by Gasteiger charge is -2.03. The van der Waals surface area contributed by atoms with E-state index < -0.39 is 0 Å². The van der Waals surface area contributed by atoms with E-state index in [1.54, 1.807) is 18.2 Å². The van der Waals surface area contributed by atoms with Crippen molar-refractivity contribution < 1.29 is 4.39 Å². The molecule has 3 nitrogen and oxygen atoms in total. The standard InChI is InChI=1S/C15H11FN2OS/c1-2-7-18-9-17-14-13(15(18)19)12(8-20-14)10-3-5-11(16)6-4-10/h2-6,8-9H,1,7H2. The minimum Gasteiger partial charge on any atom is -0.295 e. The number of aromatic nitrogens is 2. The monoisotopic (exact) mass is 286 g/mol. The zero-order valence-corrected chi connectivity index (χ0v) is 11.4. The maximum absolute atomic E-state index is 13.0. The Balaban J connectivity index is 2.26. The maximum Gasteiger partial charge on any atom is 0.262 e. The number of hydrogen-bond donors (Lipinski definition) is 0. The van der Waals surface area contributed by atoms with Crippen molar-refractivity contribution >= 4 is 21.6 Å². The molecule has 0 aliphatic rings. The molecule has 0 saturated heterocycles. The van der Waals surface area contributed by atoms with Crippen LogP contribution in [-0.2, 0) is 6.54 Å². The molecule has 2 aromatic heterocycles. The summed E-state index contributed by atoms with van der Waals surface area (Å²) in [5.41, 5.74) is 1.50. The molecule has 0 aliphatic carbocycles. The van der Waals surface area contributed by atoms with E-state index in [2.05, 4.69) is 11.6 Å². The van der Waals surface area contributed by atoms with E-state index in [1.165, 1.54) is 34.4 Å². The summed E-state index contributed by atoms with van der Waals surface area (Å²) in [4.78, 5) is 17.4. The molecule has 3 rings (SSSR count). The number of rotatable bonds is 3. The fourth-order valence-electron chi connectivity index (χ4n) is 2.08. The molecule has 0 amide bonds. The van der Waals surface area contributed by atoms with Gasteiger partial charge >= 0.3 is 0 Å². The molecule has 0 radical (unpaired) electrons. The number of thiophene rings is 1. The third-order valence-electron chi connectivity index (χ3n) is 3.04. The van der Waals surface area contributed by atoms with E-state index in [0.29, 0.717) is 16.8 Å². The van der Waals surface area contributed by atoms with E-state index in [4.69, 9.17) is 0 Å². The average molecular weight is 286 g/mol. The van der Waals surface area contributed by atoms with Crippen molar-refractivity contribution in [2.45, 2.75) is 6.54 Å². The molecule has 0 spiro atoms. The van der Waals surface area contributed by atoms with Crippen molar-refractivity contribution in [3.8, 4) is 11.1 Å². The summed E-state index contributed by atoms with van der Waals surface area (Å²) in [6.45, 7) is 4.05. The number of hydrogen-bond acceptors (Lipinski definition) is 3. The highest BCUT2D eigenvalue weighted by Gasteiger charge is 2.12. The Kier molecular flexibility index (Phi) is 3.20. The summed E-state index contributed by atoms with van der Waals surface area (Å²) >= 11 is 1.41. The molecule has 0 fully saturated rings. The van der Waals surface area contributed by atoms with Crippen LogP contribution in [0.25, 0.3) is 21.3 Å². The lowest BCUT2D eigenvalue weighted by atomic mass is 10.1. The Morgan fingerprint density at radius 2 is 2.10 bits per heavy atom. The molecule has 0 bridgehead atoms. The van der Waals surface area contributed by atoms with Crippen LogP contribution in [0.5, 0.6) is 0 Å². The smallest absolute Gasteiger partial charge is 0.262 e. The van der Waals surface area contributed by atoms with E-state index >= 15 is 0 Å². The lowest BCUT2D eigenvalue weighted by molar-refractivity contribution is 0.628. The van der Waals surface area contributed by atoms with Crippen LogP contribution in [0.4, 0.5) is 4.39 Å². The first-order chi connectivity index (χ1) is 9.70. The second kappa shape index (κ2) is 5.02. The molecule has 3 aromatic rings. The third kappa shape index (κ3) is 2.06. The van der Waals surface area contributed by atoms with Crippen LogP contribution in [0, 0.1) is 5.82 Å². The van der Waals surface area contributed by atoms with Crippen LogP contribution in [0.1, 0.15) is 0 Å². The zero-order chi connectivity index (χ0) is 14.1. The fraction of sp³-hybridized carbons (Fsp3) is 0.0667. The summed E-state index contributed by atoms with van der Waals surface area (Å²) in [7, 11) is 0. The van der Waals surface area contributed by atoms with Gasteiger partial charge in [-0.3, -0.25) is 9.36 Å². The van der Waals surface area contributed by atoms with Gasteiger partial charge in [-0.15, -0.1) is 17.9 Å². The molecular weight excluding hydrogens is 275 g/mol. The summed E-state index contributed by atoms with van der Waals surface area (Å²) in [5, 5.41) is 2.45. The van der Waals surface area contributed by atoms with Gasteiger partial charge in [0.2, 0.25) is 0 Å². The Labute approximate surface area is 118 Å². The van der Waals surface area contributed by atoms with Crippen LogP contribution in [0.3, 0.4) is 0 Å². The van der Waals surface area contributed by atoms with Crippen molar-refractivity contribution in [2.24, 2.45) is 0 Å². The number of halogens is 1. The van der Waals surface area contributed by atoms with Gasteiger partial charge in [-0.1, -0.05) is 18.2 Å². The molecule has 2 heterocycles. The van der Waals surface area contributed by atoms with E-state index in [9.17, 15) is 9.18 Å². The topological polar surface area (TPSA) is 34.9 Å². The first-order valence-electron chi connectivity index (χ1n) is 6.04. The molecule has 0 unspecified atom stereocenters. The van der Waals surface area contributed by atoms with Crippen molar-refractivity contribution in [3.63, 3.8) is 0 Å². The molecular formula is C15H11FN2OS. The SMILES string of the molecule is C=CCn1cnc2scc(-c3ccc(F)cc3)c2c1=O. The van der Waals surface area contributed by atoms with E-state index in [1.807, 2.05) is 5.38 Å². The van der Waals surface area contributed by atoms with Gasteiger partial charge in [0.05, 0.1) is 11.7 Å². The van der Waals surface area contributed by atoms with Crippen molar-refractivity contribution in [2.75, 3.05) is 0 Å². The van der Waals surface area contributed by atoms with Crippen molar-refractivity contribution in [3.05, 3.63) is 64.8 Å². The molecule has 1 aromatic carbocycles. The van der Waals surface area contributed by atoms with Gasteiger partial charge in [0.1, 0.15) is 10.6 Å². The highest BCUT2D eigenvalue weighted by molar-refractivity contribution is 7.17. The molecule has 0 atom stereocenters. The van der Waals surface area contributed by atoms with Gasteiger partial charge in [0.15, 0.2) is 0 Å². The van der Waals surface area contributed by atoms with Crippen LogP contribution >= 0.6 is 11.3 Å². The number of allylic oxidation sites excluding steroid dienone is 1. The average Bonchev–Trinajstić information content (AvgIpc) is 2.88. The molecule has 0 N–H and O–H groups in total. The third-order valence-corrected chi connectivity index (χ3v) is 3.93. The second-order valence-electron chi connectivity index (χ2n) is 4.33. The van der Waals surface area contributed by atoms with Crippen molar-refractivity contribution in [1.29, 1.82) is 0 Å². The van der Waals surface area contributed by atoms with Crippen LogP contribution in [0.15, 0.2) is 53.4 Å². The number of benzene rings is 1. The first kappa shape index (κ1) is 12.7. The van der Waals surface area contributed by atoms with Gasteiger partial charge in [0, 0.05) is 17.5 Å². The van der Waals surface area contributed by atoms with E-state index in [0.717, 1.165) is 11.1 Å². The van der Waals surface area contributed by atoms with Gasteiger partial charge in [-0.25, -0.2) is 9.37 Å². The molecule has 20 heavy (non-hydrogen) atoms. The van der Waals surface area contributed by atoms with Crippen LogP contribution in [-0.4, -0.2) is 9.55 Å². The van der Waals surface area contributed by atoms with E-state index in [-0.39, 0.29) is 11.4 Å². The van der Waals surface area contributed by atoms with Crippen molar-refractivity contribution in [1.82, 2.24) is 9.55 Å². The maximum atomic E-state index is 13.0. The fourth-order valence-corrected chi connectivity index (χ4v) is 2.99.